The first-order valence-corrected chi connectivity index (χ1v) is 11.6. The number of aliphatic carboxylic acids is 1. The van der Waals surface area contributed by atoms with Gasteiger partial charge in [-0.3, -0.25) is 9.59 Å². The Morgan fingerprint density at radius 2 is 1.62 bits per heavy atom. The molecule has 0 aromatic heterocycles. The van der Waals surface area contributed by atoms with Crippen LogP contribution in [0, 0.1) is 0 Å². The first-order chi connectivity index (χ1) is 16.4. The van der Waals surface area contributed by atoms with Gasteiger partial charge in [0.05, 0.1) is 18.9 Å². The summed E-state index contributed by atoms with van der Waals surface area (Å²) < 4.78 is 10.8. The number of alkyl carbamates (subject to hydrolysis) is 1. The van der Waals surface area contributed by atoms with Crippen LogP contribution >= 0.6 is 0 Å². The number of carbonyl (C=O) groups excluding carboxylic acids is 2. The summed E-state index contributed by atoms with van der Waals surface area (Å²) in [5.74, 6) is -1.31. The molecule has 0 heterocycles. The van der Waals surface area contributed by atoms with Crippen molar-refractivity contribution < 1.29 is 29.0 Å². The molecule has 0 spiro atoms. The molecule has 2 atom stereocenters. The van der Waals surface area contributed by atoms with Gasteiger partial charge in [-0.2, -0.15) is 0 Å². The topological polar surface area (TPSA) is 114 Å². The summed E-state index contributed by atoms with van der Waals surface area (Å²) in [6.07, 6.45) is 0.0599. The van der Waals surface area contributed by atoms with Gasteiger partial charge in [0.25, 0.3) is 0 Å². The molecule has 0 saturated heterocycles. The summed E-state index contributed by atoms with van der Waals surface area (Å²) in [6.45, 7) is 2.22. The van der Waals surface area contributed by atoms with Gasteiger partial charge in [0.1, 0.15) is 6.61 Å². The molecule has 3 N–H and O–H groups in total. The molecule has 0 aliphatic heterocycles. The summed E-state index contributed by atoms with van der Waals surface area (Å²) in [6, 6.07) is 15.8. The van der Waals surface area contributed by atoms with Crippen LogP contribution in [0.15, 0.2) is 48.5 Å². The van der Waals surface area contributed by atoms with Crippen LogP contribution in [-0.2, 0) is 19.1 Å². The number of methoxy groups -OCH3 is 1. The van der Waals surface area contributed by atoms with E-state index in [1.807, 2.05) is 31.2 Å². The third-order valence-corrected chi connectivity index (χ3v) is 5.99. The Bertz CT molecular complexity index is 963. The minimum Gasteiger partial charge on any atom is -0.481 e. The minimum absolute atomic E-state index is 0.0000109. The zero-order valence-corrected chi connectivity index (χ0v) is 19.6. The van der Waals surface area contributed by atoms with Crippen LogP contribution in [0.25, 0.3) is 11.1 Å². The number of rotatable bonds is 12. The highest BCUT2D eigenvalue weighted by Gasteiger charge is 2.29. The molecule has 0 saturated carbocycles. The van der Waals surface area contributed by atoms with Crippen LogP contribution in [0.5, 0.6) is 0 Å². The number of carboxylic acids is 1. The van der Waals surface area contributed by atoms with Crippen LogP contribution in [0.1, 0.15) is 49.7 Å². The number of fused-ring (bicyclic) bond motifs is 3. The Hall–Kier alpha value is -3.39. The van der Waals surface area contributed by atoms with Crippen molar-refractivity contribution in [3.05, 3.63) is 59.7 Å². The molecule has 1 aliphatic rings. The largest absolute Gasteiger partial charge is 0.481 e. The van der Waals surface area contributed by atoms with Crippen LogP contribution in [0.2, 0.25) is 0 Å². The molecule has 2 unspecified atom stereocenters. The van der Waals surface area contributed by atoms with E-state index >= 15 is 0 Å². The van der Waals surface area contributed by atoms with E-state index in [-0.39, 0.29) is 37.8 Å². The zero-order valence-electron chi connectivity index (χ0n) is 19.6. The van der Waals surface area contributed by atoms with Crippen molar-refractivity contribution in [2.45, 2.75) is 50.7 Å². The molecule has 8 heteroatoms. The number of hydrogen-bond acceptors (Lipinski definition) is 5. The highest BCUT2D eigenvalue weighted by molar-refractivity contribution is 5.79. The third-order valence-electron chi connectivity index (χ3n) is 5.99. The Labute approximate surface area is 199 Å². The predicted molar refractivity (Wildman–Crippen MR) is 128 cm³/mol. The number of benzene rings is 2. The second-order valence-corrected chi connectivity index (χ2v) is 8.42. The van der Waals surface area contributed by atoms with Crippen LogP contribution in [0.3, 0.4) is 0 Å². The lowest BCUT2D eigenvalue weighted by atomic mass is 9.98. The Kier molecular flexibility index (Phi) is 9.04. The second-order valence-electron chi connectivity index (χ2n) is 8.42. The first-order valence-electron chi connectivity index (χ1n) is 11.6. The van der Waals surface area contributed by atoms with Gasteiger partial charge in [0, 0.05) is 25.6 Å². The number of hydrogen-bond donors (Lipinski definition) is 3. The van der Waals surface area contributed by atoms with Crippen molar-refractivity contribution in [2.24, 2.45) is 0 Å². The van der Waals surface area contributed by atoms with Gasteiger partial charge in [0.15, 0.2) is 0 Å². The van der Waals surface area contributed by atoms with Crippen LogP contribution in [-0.4, -0.2) is 55.5 Å². The summed E-state index contributed by atoms with van der Waals surface area (Å²) in [4.78, 5) is 35.7. The quantitative estimate of drug-likeness (QED) is 0.438. The molecule has 0 fully saturated rings. The van der Waals surface area contributed by atoms with Crippen LogP contribution in [0.4, 0.5) is 4.79 Å². The molecule has 2 aromatic carbocycles. The van der Waals surface area contributed by atoms with Crippen molar-refractivity contribution in [1.82, 2.24) is 10.6 Å². The van der Waals surface area contributed by atoms with Crippen LogP contribution < -0.4 is 10.6 Å². The van der Waals surface area contributed by atoms with E-state index in [2.05, 4.69) is 34.9 Å². The molecule has 2 amide bonds. The SMILES string of the molecule is CCCC(CC(=O)O)NC(=O)CC(CNC(=O)OCC1c2ccccc2-c2ccccc21)OC. The zero-order chi connectivity index (χ0) is 24.5. The van der Waals surface area contributed by atoms with E-state index in [1.54, 1.807) is 0 Å². The van der Waals surface area contributed by atoms with E-state index in [4.69, 9.17) is 14.6 Å². The van der Waals surface area contributed by atoms with Crippen molar-refractivity contribution in [3.8, 4) is 11.1 Å². The Morgan fingerprint density at radius 1 is 1.00 bits per heavy atom. The lowest BCUT2D eigenvalue weighted by Crippen LogP contribution is -2.41. The summed E-state index contributed by atoms with van der Waals surface area (Å²) in [7, 11) is 1.46. The molecule has 0 radical (unpaired) electrons. The van der Waals surface area contributed by atoms with E-state index in [0.717, 1.165) is 28.7 Å². The minimum atomic E-state index is -0.959. The normalized spacial score (nSPS) is 13.9. The molecule has 182 valence electrons. The van der Waals surface area contributed by atoms with Gasteiger partial charge in [-0.05, 0) is 28.7 Å². The van der Waals surface area contributed by atoms with Crippen molar-refractivity contribution in [3.63, 3.8) is 0 Å². The molecule has 8 nitrogen and oxygen atoms in total. The Balaban J connectivity index is 1.48. The standard InChI is InChI=1S/C26H32N2O6/c1-3-8-17(13-25(30)31)28-24(29)14-18(33-2)15-27-26(32)34-16-23-21-11-6-4-9-19(21)20-10-5-7-12-22(20)23/h4-7,9-12,17-18,23H,3,8,13-16H2,1-2H3,(H,27,32)(H,28,29)(H,30,31). The Morgan fingerprint density at radius 3 is 2.18 bits per heavy atom. The van der Waals surface area contributed by atoms with Gasteiger partial charge in [0.2, 0.25) is 5.91 Å². The van der Waals surface area contributed by atoms with E-state index in [1.165, 1.54) is 7.11 Å². The number of ether oxygens (including phenoxy) is 2. The molecular weight excluding hydrogens is 436 g/mol. The van der Waals surface area contributed by atoms with Gasteiger partial charge in [-0.15, -0.1) is 0 Å². The van der Waals surface area contributed by atoms with E-state index in [0.29, 0.717) is 6.42 Å². The number of nitrogens with one attached hydrogen (secondary N) is 2. The summed E-state index contributed by atoms with van der Waals surface area (Å²) in [5, 5.41) is 14.4. The smallest absolute Gasteiger partial charge is 0.407 e. The summed E-state index contributed by atoms with van der Waals surface area (Å²) >= 11 is 0. The number of carbonyl (C=O) groups is 3. The molecule has 3 rings (SSSR count). The molecule has 1 aliphatic carbocycles. The molecular formula is C26H32N2O6. The van der Waals surface area contributed by atoms with Gasteiger partial charge in [-0.1, -0.05) is 61.9 Å². The maximum absolute atomic E-state index is 12.4. The van der Waals surface area contributed by atoms with Crippen molar-refractivity contribution >= 4 is 18.0 Å². The second kappa shape index (κ2) is 12.2. The lowest BCUT2D eigenvalue weighted by Gasteiger charge is -2.20. The number of carboxylic acid groups (broad SMARTS) is 1. The third kappa shape index (κ3) is 6.57. The highest BCUT2D eigenvalue weighted by Crippen LogP contribution is 2.44. The maximum atomic E-state index is 12.4. The van der Waals surface area contributed by atoms with Gasteiger partial charge >= 0.3 is 12.1 Å². The molecule has 0 bridgehead atoms. The van der Waals surface area contributed by atoms with E-state index in [9.17, 15) is 14.4 Å². The fourth-order valence-electron chi connectivity index (χ4n) is 4.36. The van der Waals surface area contributed by atoms with Crippen molar-refractivity contribution in [2.75, 3.05) is 20.3 Å². The lowest BCUT2D eigenvalue weighted by molar-refractivity contribution is -0.137. The maximum Gasteiger partial charge on any atom is 0.407 e. The average molecular weight is 469 g/mol. The monoisotopic (exact) mass is 468 g/mol. The predicted octanol–water partition coefficient (Wildman–Crippen LogP) is 3.69. The average Bonchev–Trinajstić information content (AvgIpc) is 3.14. The summed E-state index contributed by atoms with van der Waals surface area (Å²) in [5.41, 5.74) is 4.57. The fraction of sp³-hybridized carbons (Fsp3) is 0.423. The first kappa shape index (κ1) is 25.2. The fourth-order valence-corrected chi connectivity index (χ4v) is 4.36. The molecule has 34 heavy (non-hydrogen) atoms. The number of amides is 2. The van der Waals surface area contributed by atoms with Crippen molar-refractivity contribution in [1.29, 1.82) is 0 Å². The van der Waals surface area contributed by atoms with E-state index < -0.39 is 24.2 Å². The van der Waals surface area contributed by atoms with Gasteiger partial charge < -0.3 is 25.2 Å². The van der Waals surface area contributed by atoms with Gasteiger partial charge in [-0.25, -0.2) is 4.79 Å². The highest BCUT2D eigenvalue weighted by atomic mass is 16.5. The molecule has 2 aromatic rings.